The summed E-state index contributed by atoms with van der Waals surface area (Å²) in [4.78, 5) is 12.6. The Labute approximate surface area is 106 Å². The van der Waals surface area contributed by atoms with Crippen LogP contribution in [-0.4, -0.2) is 24.5 Å². The Hall–Kier alpha value is -2.34. The molecule has 0 unspecified atom stereocenters. The molecule has 0 radical (unpaired) electrons. The molecule has 0 saturated heterocycles. The zero-order chi connectivity index (χ0) is 11.9. The largest absolute Gasteiger partial charge is 0.346 e. The van der Waals surface area contributed by atoms with Gasteiger partial charge in [-0.15, -0.1) is 5.10 Å². The lowest BCUT2D eigenvalue weighted by Gasteiger charge is -2.02. The van der Waals surface area contributed by atoms with Crippen LogP contribution >= 0.6 is 11.5 Å². The van der Waals surface area contributed by atoms with E-state index in [1.54, 1.807) is 6.20 Å². The quantitative estimate of drug-likeness (QED) is 0.566. The van der Waals surface area contributed by atoms with Crippen molar-refractivity contribution >= 4 is 32.9 Å². The summed E-state index contributed by atoms with van der Waals surface area (Å²) in [5.41, 5.74) is 3.84. The highest BCUT2D eigenvalue weighted by Crippen LogP contribution is 2.28. The number of hydrogen-bond acceptors (Lipinski definition) is 5. The van der Waals surface area contributed by atoms with Crippen LogP contribution < -0.4 is 0 Å². The van der Waals surface area contributed by atoms with Crippen molar-refractivity contribution in [2.75, 3.05) is 0 Å². The molecule has 4 aromatic heterocycles. The van der Waals surface area contributed by atoms with Gasteiger partial charge in [-0.1, -0.05) is 4.49 Å². The van der Waals surface area contributed by atoms with Gasteiger partial charge in [0.25, 0.3) is 0 Å². The number of aromatic amines is 1. The number of nitrogens with zero attached hydrogens (tertiary/aromatic N) is 4. The van der Waals surface area contributed by atoms with Gasteiger partial charge in [0, 0.05) is 41.1 Å². The van der Waals surface area contributed by atoms with Crippen molar-refractivity contribution in [2.24, 2.45) is 0 Å². The number of H-pyrrole nitrogens is 1. The van der Waals surface area contributed by atoms with Gasteiger partial charge in [0.1, 0.15) is 11.2 Å². The molecule has 0 bridgehead atoms. The van der Waals surface area contributed by atoms with E-state index in [2.05, 4.69) is 24.5 Å². The van der Waals surface area contributed by atoms with E-state index in [1.165, 1.54) is 11.5 Å². The molecule has 4 aromatic rings. The SMILES string of the molecule is c1cc(-c2cnc3snnc3c2)c2cc[nH]c2n1. The molecule has 0 aliphatic carbocycles. The van der Waals surface area contributed by atoms with E-state index >= 15 is 0 Å². The van der Waals surface area contributed by atoms with Gasteiger partial charge < -0.3 is 4.98 Å². The van der Waals surface area contributed by atoms with Crippen LogP contribution in [0.5, 0.6) is 0 Å². The fourth-order valence-corrected chi connectivity index (χ4v) is 2.54. The van der Waals surface area contributed by atoms with Crippen molar-refractivity contribution in [3.63, 3.8) is 0 Å². The highest BCUT2D eigenvalue weighted by atomic mass is 32.1. The molecule has 6 heteroatoms. The second-order valence-electron chi connectivity index (χ2n) is 3.92. The zero-order valence-electron chi connectivity index (χ0n) is 9.16. The molecule has 86 valence electrons. The maximum absolute atomic E-state index is 4.37. The Morgan fingerprint density at radius 3 is 3.17 bits per heavy atom. The van der Waals surface area contributed by atoms with E-state index < -0.39 is 0 Å². The minimum absolute atomic E-state index is 0.831. The molecule has 0 atom stereocenters. The maximum Gasteiger partial charge on any atom is 0.163 e. The molecule has 4 rings (SSSR count). The first-order chi connectivity index (χ1) is 8.92. The topological polar surface area (TPSA) is 67.3 Å². The van der Waals surface area contributed by atoms with Crippen molar-refractivity contribution in [2.45, 2.75) is 0 Å². The molecule has 0 spiro atoms. The van der Waals surface area contributed by atoms with Crippen molar-refractivity contribution in [3.05, 3.63) is 36.8 Å². The zero-order valence-corrected chi connectivity index (χ0v) is 9.98. The number of hydrogen-bond donors (Lipinski definition) is 1. The minimum atomic E-state index is 0.831. The summed E-state index contributed by atoms with van der Waals surface area (Å²) in [6.45, 7) is 0. The van der Waals surface area contributed by atoms with Crippen LogP contribution in [0.4, 0.5) is 0 Å². The summed E-state index contributed by atoms with van der Waals surface area (Å²) >= 11 is 1.31. The van der Waals surface area contributed by atoms with Crippen LogP contribution in [0, 0.1) is 0 Å². The molecule has 1 N–H and O–H groups in total. The summed E-state index contributed by atoms with van der Waals surface area (Å²) in [6.07, 6.45) is 5.53. The fraction of sp³-hybridized carbons (Fsp3) is 0. The highest BCUT2D eigenvalue weighted by Gasteiger charge is 2.08. The molecule has 0 aromatic carbocycles. The first kappa shape index (κ1) is 9.67. The van der Waals surface area contributed by atoms with Gasteiger partial charge in [0.2, 0.25) is 0 Å². The summed E-state index contributed by atoms with van der Waals surface area (Å²) in [5.74, 6) is 0. The van der Waals surface area contributed by atoms with Crippen LogP contribution in [0.25, 0.3) is 32.5 Å². The van der Waals surface area contributed by atoms with E-state index in [0.717, 1.165) is 32.5 Å². The van der Waals surface area contributed by atoms with E-state index in [1.807, 2.05) is 30.6 Å². The number of rotatable bonds is 1. The van der Waals surface area contributed by atoms with Gasteiger partial charge in [-0.2, -0.15) is 0 Å². The third-order valence-electron chi connectivity index (χ3n) is 2.88. The lowest BCUT2D eigenvalue weighted by Crippen LogP contribution is -1.84. The minimum Gasteiger partial charge on any atom is -0.346 e. The second-order valence-corrected chi connectivity index (χ2v) is 4.65. The van der Waals surface area contributed by atoms with Crippen molar-refractivity contribution in [3.8, 4) is 11.1 Å². The Bertz CT molecular complexity index is 848. The standard InChI is InChI=1S/C12H7N5S/c1-3-13-11-9(2-4-14-11)8(1)7-5-10-12(15-6-7)18-17-16-10/h1-6H,(H,13,14). The first-order valence-electron chi connectivity index (χ1n) is 5.42. The summed E-state index contributed by atoms with van der Waals surface area (Å²) < 4.78 is 3.90. The van der Waals surface area contributed by atoms with Crippen LogP contribution in [0.2, 0.25) is 0 Å². The van der Waals surface area contributed by atoms with Crippen molar-refractivity contribution in [1.29, 1.82) is 0 Å². The molecule has 5 nitrogen and oxygen atoms in total. The lowest BCUT2D eigenvalue weighted by molar-refractivity contribution is 1.20. The van der Waals surface area contributed by atoms with Gasteiger partial charge in [0.05, 0.1) is 0 Å². The van der Waals surface area contributed by atoms with E-state index in [4.69, 9.17) is 0 Å². The van der Waals surface area contributed by atoms with Crippen LogP contribution in [0.3, 0.4) is 0 Å². The lowest BCUT2D eigenvalue weighted by atomic mass is 10.1. The Morgan fingerprint density at radius 1 is 1.17 bits per heavy atom. The molecule has 4 heterocycles. The molecule has 0 aliphatic rings. The Balaban J connectivity index is 2.03. The smallest absolute Gasteiger partial charge is 0.163 e. The molecule has 0 saturated carbocycles. The molecule has 0 aliphatic heterocycles. The molecule has 18 heavy (non-hydrogen) atoms. The van der Waals surface area contributed by atoms with Crippen molar-refractivity contribution < 1.29 is 0 Å². The maximum atomic E-state index is 4.37. The van der Waals surface area contributed by atoms with Gasteiger partial charge >= 0.3 is 0 Å². The molecule has 0 amide bonds. The predicted octanol–water partition coefficient (Wildman–Crippen LogP) is 2.63. The number of fused-ring (bicyclic) bond motifs is 2. The summed E-state index contributed by atoms with van der Waals surface area (Å²) in [5, 5.41) is 5.14. The van der Waals surface area contributed by atoms with E-state index in [0.29, 0.717) is 0 Å². The third-order valence-corrected chi connectivity index (χ3v) is 3.53. The average Bonchev–Trinajstić information content (AvgIpc) is 3.05. The van der Waals surface area contributed by atoms with Gasteiger partial charge in [-0.25, -0.2) is 9.97 Å². The summed E-state index contributed by atoms with van der Waals surface area (Å²) in [7, 11) is 0. The monoisotopic (exact) mass is 253 g/mol. The molecular weight excluding hydrogens is 246 g/mol. The van der Waals surface area contributed by atoms with Crippen LogP contribution in [0.1, 0.15) is 0 Å². The van der Waals surface area contributed by atoms with E-state index in [9.17, 15) is 0 Å². The Kier molecular flexibility index (Phi) is 1.92. The van der Waals surface area contributed by atoms with Crippen LogP contribution in [-0.2, 0) is 0 Å². The first-order valence-corrected chi connectivity index (χ1v) is 6.20. The number of pyridine rings is 2. The van der Waals surface area contributed by atoms with Gasteiger partial charge in [0.15, 0.2) is 4.83 Å². The molecular formula is C12H7N5S. The Morgan fingerprint density at radius 2 is 2.17 bits per heavy atom. The second kappa shape index (κ2) is 3.58. The highest BCUT2D eigenvalue weighted by molar-refractivity contribution is 7.12. The average molecular weight is 253 g/mol. The number of aromatic nitrogens is 5. The predicted molar refractivity (Wildman–Crippen MR) is 70.3 cm³/mol. The van der Waals surface area contributed by atoms with Gasteiger partial charge in [-0.3, -0.25) is 0 Å². The molecule has 0 fully saturated rings. The third kappa shape index (κ3) is 1.32. The van der Waals surface area contributed by atoms with Gasteiger partial charge in [-0.05, 0) is 23.8 Å². The van der Waals surface area contributed by atoms with Crippen molar-refractivity contribution in [1.82, 2.24) is 24.5 Å². The van der Waals surface area contributed by atoms with E-state index in [-0.39, 0.29) is 0 Å². The van der Waals surface area contributed by atoms with Crippen LogP contribution in [0.15, 0.2) is 36.8 Å². The fourth-order valence-electron chi connectivity index (χ4n) is 2.05. The number of nitrogens with one attached hydrogen (secondary N) is 1. The normalized spacial score (nSPS) is 11.3. The summed E-state index contributed by atoms with van der Waals surface area (Å²) in [6, 6.07) is 6.01.